The molecule has 3 rings (SSSR count). The predicted molar refractivity (Wildman–Crippen MR) is 99.8 cm³/mol. The van der Waals surface area contributed by atoms with Gasteiger partial charge < -0.3 is 19.7 Å². The van der Waals surface area contributed by atoms with Crippen molar-refractivity contribution in [3.05, 3.63) is 48.5 Å². The van der Waals surface area contributed by atoms with Gasteiger partial charge in [0.15, 0.2) is 18.1 Å². The van der Waals surface area contributed by atoms with E-state index < -0.39 is 0 Å². The monoisotopic (exact) mass is 354 g/mol. The summed E-state index contributed by atoms with van der Waals surface area (Å²) >= 11 is 0. The summed E-state index contributed by atoms with van der Waals surface area (Å²) in [4.78, 5) is 26.0. The first-order valence-corrected chi connectivity index (χ1v) is 8.63. The average molecular weight is 354 g/mol. The summed E-state index contributed by atoms with van der Waals surface area (Å²) < 4.78 is 10.7. The number of rotatable bonds is 6. The number of carbonyl (C=O) groups excluding carboxylic acids is 2. The molecule has 26 heavy (non-hydrogen) atoms. The van der Waals surface area contributed by atoms with Crippen molar-refractivity contribution in [3.8, 4) is 11.5 Å². The van der Waals surface area contributed by atoms with E-state index in [1.165, 1.54) is 0 Å². The Hall–Kier alpha value is -3.02. The standard InChI is InChI=1S/C20H22N2O4/c1-25-17-9-2-3-10-18(17)26-14-19(23)21-15-7-6-8-16(13-15)22-12-5-4-11-20(22)24/h2-3,6-10,13H,4-5,11-12,14H2,1H3,(H,21,23). The van der Waals surface area contributed by atoms with E-state index in [4.69, 9.17) is 9.47 Å². The van der Waals surface area contributed by atoms with E-state index in [9.17, 15) is 9.59 Å². The van der Waals surface area contributed by atoms with Crippen molar-refractivity contribution in [2.24, 2.45) is 0 Å². The molecule has 0 radical (unpaired) electrons. The van der Waals surface area contributed by atoms with Crippen molar-refractivity contribution in [2.75, 3.05) is 30.5 Å². The molecular formula is C20H22N2O4. The number of benzene rings is 2. The van der Waals surface area contributed by atoms with Crippen molar-refractivity contribution < 1.29 is 19.1 Å². The zero-order valence-electron chi connectivity index (χ0n) is 14.7. The Kier molecular flexibility index (Phi) is 5.73. The van der Waals surface area contributed by atoms with Gasteiger partial charge in [0.2, 0.25) is 5.91 Å². The van der Waals surface area contributed by atoms with Crippen LogP contribution in [-0.2, 0) is 9.59 Å². The molecule has 0 aromatic heterocycles. The molecule has 6 heteroatoms. The van der Waals surface area contributed by atoms with E-state index in [-0.39, 0.29) is 18.4 Å². The number of nitrogens with zero attached hydrogens (tertiary/aromatic N) is 1. The van der Waals surface area contributed by atoms with Gasteiger partial charge >= 0.3 is 0 Å². The van der Waals surface area contributed by atoms with Crippen LogP contribution in [0.5, 0.6) is 11.5 Å². The number of anilines is 2. The number of nitrogens with one attached hydrogen (secondary N) is 1. The van der Waals surface area contributed by atoms with Gasteiger partial charge in [-0.2, -0.15) is 0 Å². The summed E-state index contributed by atoms with van der Waals surface area (Å²) in [5, 5.41) is 2.80. The number of amides is 2. The van der Waals surface area contributed by atoms with Crippen LogP contribution in [0.1, 0.15) is 19.3 Å². The van der Waals surface area contributed by atoms with E-state index in [1.54, 1.807) is 30.2 Å². The topological polar surface area (TPSA) is 67.9 Å². The molecule has 0 aliphatic carbocycles. The van der Waals surface area contributed by atoms with Crippen LogP contribution in [-0.4, -0.2) is 32.1 Å². The normalized spacial score (nSPS) is 14.0. The largest absolute Gasteiger partial charge is 0.493 e. The molecule has 1 fully saturated rings. The molecule has 0 unspecified atom stereocenters. The van der Waals surface area contributed by atoms with E-state index >= 15 is 0 Å². The van der Waals surface area contributed by atoms with Gasteiger partial charge in [0, 0.05) is 24.3 Å². The third kappa shape index (κ3) is 4.33. The summed E-state index contributed by atoms with van der Waals surface area (Å²) in [6.07, 6.45) is 2.50. The first kappa shape index (κ1) is 17.8. The minimum absolute atomic E-state index is 0.124. The molecule has 0 atom stereocenters. The summed E-state index contributed by atoms with van der Waals surface area (Å²) in [7, 11) is 1.55. The van der Waals surface area contributed by atoms with Crippen LogP contribution in [0.15, 0.2) is 48.5 Å². The minimum Gasteiger partial charge on any atom is -0.493 e. The van der Waals surface area contributed by atoms with Crippen LogP contribution in [0.3, 0.4) is 0 Å². The Morgan fingerprint density at radius 2 is 1.92 bits per heavy atom. The Bertz CT molecular complexity index is 791. The van der Waals surface area contributed by atoms with Crippen LogP contribution in [0.25, 0.3) is 0 Å². The third-order valence-corrected chi connectivity index (χ3v) is 4.19. The quantitative estimate of drug-likeness (QED) is 0.865. The maximum atomic E-state index is 12.2. The number of ether oxygens (including phenoxy) is 2. The van der Waals surface area contributed by atoms with Crippen molar-refractivity contribution in [3.63, 3.8) is 0 Å². The van der Waals surface area contributed by atoms with Gasteiger partial charge in [-0.05, 0) is 43.2 Å². The van der Waals surface area contributed by atoms with Gasteiger partial charge in [-0.15, -0.1) is 0 Å². The smallest absolute Gasteiger partial charge is 0.262 e. The molecule has 1 aliphatic rings. The molecule has 0 spiro atoms. The second kappa shape index (κ2) is 8.38. The summed E-state index contributed by atoms with van der Waals surface area (Å²) in [5.74, 6) is 0.931. The molecule has 136 valence electrons. The lowest BCUT2D eigenvalue weighted by Crippen LogP contribution is -2.35. The molecule has 1 heterocycles. The highest BCUT2D eigenvalue weighted by atomic mass is 16.5. The average Bonchev–Trinajstić information content (AvgIpc) is 2.67. The molecule has 1 aliphatic heterocycles. The molecule has 1 saturated heterocycles. The predicted octanol–water partition coefficient (Wildman–Crippen LogP) is 3.23. The van der Waals surface area contributed by atoms with Crippen LogP contribution >= 0.6 is 0 Å². The maximum absolute atomic E-state index is 12.2. The minimum atomic E-state index is -0.280. The molecule has 0 saturated carbocycles. The number of hydrogen-bond donors (Lipinski definition) is 1. The molecule has 2 aromatic carbocycles. The second-order valence-corrected chi connectivity index (χ2v) is 6.04. The van der Waals surface area contributed by atoms with Crippen molar-refractivity contribution in [1.29, 1.82) is 0 Å². The fourth-order valence-electron chi connectivity index (χ4n) is 2.91. The Labute approximate surface area is 152 Å². The first-order valence-electron chi connectivity index (χ1n) is 8.63. The van der Waals surface area contributed by atoms with E-state index in [1.807, 2.05) is 30.3 Å². The fraction of sp³-hybridized carbons (Fsp3) is 0.300. The van der Waals surface area contributed by atoms with E-state index in [0.717, 1.165) is 18.5 Å². The summed E-state index contributed by atoms with van der Waals surface area (Å²) in [5.41, 5.74) is 1.44. The summed E-state index contributed by atoms with van der Waals surface area (Å²) in [6, 6.07) is 14.5. The van der Waals surface area contributed by atoms with Crippen molar-refractivity contribution in [1.82, 2.24) is 0 Å². The Balaban J connectivity index is 1.61. The SMILES string of the molecule is COc1ccccc1OCC(=O)Nc1cccc(N2CCCCC2=O)c1. The molecular weight excluding hydrogens is 332 g/mol. The van der Waals surface area contributed by atoms with Crippen LogP contribution in [0.4, 0.5) is 11.4 Å². The van der Waals surface area contributed by atoms with E-state index in [2.05, 4.69) is 5.32 Å². The Morgan fingerprint density at radius 1 is 1.12 bits per heavy atom. The third-order valence-electron chi connectivity index (χ3n) is 4.19. The zero-order valence-corrected chi connectivity index (χ0v) is 14.7. The maximum Gasteiger partial charge on any atom is 0.262 e. The highest BCUT2D eigenvalue weighted by Crippen LogP contribution is 2.26. The Morgan fingerprint density at radius 3 is 2.69 bits per heavy atom. The number of hydrogen-bond acceptors (Lipinski definition) is 4. The zero-order chi connectivity index (χ0) is 18.4. The molecule has 2 amide bonds. The number of methoxy groups -OCH3 is 1. The lowest BCUT2D eigenvalue weighted by molar-refractivity contribution is -0.119. The highest BCUT2D eigenvalue weighted by molar-refractivity contribution is 5.96. The lowest BCUT2D eigenvalue weighted by Gasteiger charge is -2.27. The van der Waals surface area contributed by atoms with Gasteiger partial charge in [-0.3, -0.25) is 9.59 Å². The number of carbonyl (C=O) groups is 2. The second-order valence-electron chi connectivity index (χ2n) is 6.04. The van der Waals surface area contributed by atoms with Crippen molar-refractivity contribution >= 4 is 23.2 Å². The highest BCUT2D eigenvalue weighted by Gasteiger charge is 2.19. The van der Waals surface area contributed by atoms with E-state index in [0.29, 0.717) is 30.2 Å². The van der Waals surface area contributed by atoms with Gasteiger partial charge in [0.25, 0.3) is 5.91 Å². The molecule has 6 nitrogen and oxygen atoms in total. The molecule has 0 bridgehead atoms. The van der Waals surface area contributed by atoms with Crippen LogP contribution in [0, 0.1) is 0 Å². The van der Waals surface area contributed by atoms with Crippen LogP contribution in [0.2, 0.25) is 0 Å². The first-order chi connectivity index (χ1) is 12.7. The van der Waals surface area contributed by atoms with Crippen LogP contribution < -0.4 is 19.7 Å². The van der Waals surface area contributed by atoms with Crippen molar-refractivity contribution in [2.45, 2.75) is 19.3 Å². The molecule has 2 aromatic rings. The van der Waals surface area contributed by atoms with Gasteiger partial charge in [0.05, 0.1) is 7.11 Å². The van der Waals surface area contributed by atoms with Gasteiger partial charge in [-0.25, -0.2) is 0 Å². The number of para-hydroxylation sites is 2. The summed E-state index contributed by atoms with van der Waals surface area (Å²) in [6.45, 7) is 0.584. The fourth-order valence-corrected chi connectivity index (χ4v) is 2.91. The van der Waals surface area contributed by atoms with Gasteiger partial charge in [-0.1, -0.05) is 18.2 Å². The van der Waals surface area contributed by atoms with Gasteiger partial charge in [0.1, 0.15) is 0 Å². The lowest BCUT2D eigenvalue weighted by atomic mass is 10.1. The molecule has 1 N–H and O–H groups in total. The number of piperidine rings is 1.